The van der Waals surface area contributed by atoms with Gasteiger partial charge in [-0.1, -0.05) is 42.1 Å². The van der Waals surface area contributed by atoms with Gasteiger partial charge in [-0.3, -0.25) is 9.59 Å². The van der Waals surface area contributed by atoms with Crippen molar-refractivity contribution in [2.24, 2.45) is 0 Å². The van der Waals surface area contributed by atoms with Crippen LogP contribution in [-0.4, -0.2) is 18.4 Å². The number of carbonyl (C=O) groups is 2. The van der Waals surface area contributed by atoms with Gasteiger partial charge in [-0.2, -0.15) is 0 Å². The summed E-state index contributed by atoms with van der Waals surface area (Å²) in [4.78, 5) is 26.0. The van der Waals surface area contributed by atoms with Crippen molar-refractivity contribution in [3.05, 3.63) is 78.8 Å². The van der Waals surface area contributed by atoms with E-state index in [0.29, 0.717) is 0 Å². The molecule has 26 heavy (non-hydrogen) atoms. The normalized spacial score (nSPS) is 10.3. The minimum absolute atomic E-state index is 0.161. The van der Waals surface area contributed by atoms with E-state index in [0.717, 1.165) is 15.5 Å². The fourth-order valence-electron chi connectivity index (χ4n) is 2.27. The summed E-state index contributed by atoms with van der Waals surface area (Å²) in [5.74, 6) is -0.260. The molecule has 1 aromatic heterocycles. The van der Waals surface area contributed by atoms with E-state index in [-0.39, 0.29) is 30.5 Å². The molecular formula is C20H18N2O3S. The molecule has 0 fully saturated rings. The second-order valence-corrected chi connectivity index (χ2v) is 6.56. The quantitative estimate of drug-likeness (QED) is 0.658. The summed E-state index contributed by atoms with van der Waals surface area (Å²) in [5.41, 5.74) is 0.753. The Hall–Kier alpha value is -2.99. The lowest BCUT2D eigenvalue weighted by atomic mass is 10.3. The Bertz CT molecular complexity index is 864. The standard InChI is InChI=1S/C20H18N2O3S/c23-19(12-13-21-20(24)17-10-6-14-25-17)22-16-9-4-5-11-18(16)26-15-7-2-1-3-8-15/h1-11,14H,12-13H2,(H,21,24)(H,22,23). The molecule has 1 heterocycles. The summed E-state index contributed by atoms with van der Waals surface area (Å²) in [6.07, 6.45) is 1.61. The van der Waals surface area contributed by atoms with Crippen LogP contribution in [0.4, 0.5) is 5.69 Å². The van der Waals surface area contributed by atoms with E-state index in [2.05, 4.69) is 10.6 Å². The molecule has 0 unspecified atom stereocenters. The van der Waals surface area contributed by atoms with Crippen LogP contribution in [0.2, 0.25) is 0 Å². The molecule has 5 nitrogen and oxygen atoms in total. The van der Waals surface area contributed by atoms with Crippen LogP contribution in [0.25, 0.3) is 0 Å². The van der Waals surface area contributed by atoms with Crippen LogP contribution in [0.5, 0.6) is 0 Å². The molecule has 0 aliphatic rings. The average Bonchev–Trinajstić information content (AvgIpc) is 3.19. The van der Waals surface area contributed by atoms with E-state index in [9.17, 15) is 9.59 Å². The van der Waals surface area contributed by atoms with Crippen molar-refractivity contribution in [3.63, 3.8) is 0 Å². The Kier molecular flexibility index (Phi) is 6.11. The summed E-state index contributed by atoms with van der Waals surface area (Å²) in [6, 6.07) is 20.8. The molecule has 3 aromatic rings. The first-order valence-electron chi connectivity index (χ1n) is 8.16. The zero-order valence-electron chi connectivity index (χ0n) is 14.0. The third kappa shape index (κ3) is 5.00. The maximum absolute atomic E-state index is 12.2. The Balaban J connectivity index is 1.53. The summed E-state index contributed by atoms with van der Waals surface area (Å²) in [6.45, 7) is 0.235. The number of anilines is 1. The highest BCUT2D eigenvalue weighted by molar-refractivity contribution is 7.99. The van der Waals surface area contributed by atoms with Gasteiger partial charge >= 0.3 is 0 Å². The van der Waals surface area contributed by atoms with Crippen LogP contribution >= 0.6 is 11.8 Å². The second-order valence-electron chi connectivity index (χ2n) is 5.44. The van der Waals surface area contributed by atoms with Crippen LogP contribution in [0, 0.1) is 0 Å². The first-order valence-corrected chi connectivity index (χ1v) is 8.97. The molecule has 0 radical (unpaired) electrons. The maximum atomic E-state index is 12.2. The number of hydrogen-bond acceptors (Lipinski definition) is 4. The Morgan fingerprint density at radius 1 is 0.923 bits per heavy atom. The third-order valence-electron chi connectivity index (χ3n) is 3.51. The molecule has 0 saturated carbocycles. The van der Waals surface area contributed by atoms with E-state index in [4.69, 9.17) is 4.42 Å². The molecule has 0 saturated heterocycles. The lowest BCUT2D eigenvalue weighted by molar-refractivity contribution is -0.116. The third-order valence-corrected chi connectivity index (χ3v) is 4.60. The van der Waals surface area contributed by atoms with Gasteiger partial charge in [0.25, 0.3) is 5.91 Å². The first kappa shape index (κ1) is 17.8. The number of amides is 2. The predicted octanol–water partition coefficient (Wildman–Crippen LogP) is 4.19. The van der Waals surface area contributed by atoms with Crippen LogP contribution in [0.1, 0.15) is 17.0 Å². The maximum Gasteiger partial charge on any atom is 0.286 e. The number of para-hydroxylation sites is 1. The van der Waals surface area contributed by atoms with Crippen LogP contribution in [0.3, 0.4) is 0 Å². The number of nitrogens with one attached hydrogen (secondary N) is 2. The summed E-state index contributed by atoms with van der Waals surface area (Å²) in [5, 5.41) is 5.56. The SMILES string of the molecule is O=C(CCNC(=O)c1ccco1)Nc1ccccc1Sc1ccccc1. The molecular weight excluding hydrogens is 348 g/mol. The van der Waals surface area contributed by atoms with Crippen molar-refractivity contribution in [3.8, 4) is 0 Å². The van der Waals surface area contributed by atoms with Gasteiger partial charge in [0.1, 0.15) is 0 Å². The number of carbonyl (C=O) groups excluding carboxylic acids is 2. The van der Waals surface area contributed by atoms with Crippen LogP contribution < -0.4 is 10.6 Å². The van der Waals surface area contributed by atoms with Gasteiger partial charge in [-0.05, 0) is 36.4 Å². The molecule has 0 atom stereocenters. The van der Waals surface area contributed by atoms with Gasteiger partial charge in [-0.25, -0.2) is 0 Å². The predicted molar refractivity (Wildman–Crippen MR) is 101 cm³/mol. The van der Waals surface area contributed by atoms with Crippen LogP contribution in [-0.2, 0) is 4.79 Å². The van der Waals surface area contributed by atoms with E-state index in [1.54, 1.807) is 23.9 Å². The number of benzene rings is 2. The monoisotopic (exact) mass is 366 g/mol. The average molecular weight is 366 g/mol. The van der Waals surface area contributed by atoms with Crippen molar-refractivity contribution in [1.29, 1.82) is 0 Å². The molecule has 0 spiro atoms. The number of furan rings is 1. The molecule has 0 bridgehead atoms. The fraction of sp³-hybridized carbons (Fsp3) is 0.100. The van der Waals surface area contributed by atoms with Gasteiger partial charge in [0, 0.05) is 22.8 Å². The molecule has 3 rings (SSSR count). The van der Waals surface area contributed by atoms with Gasteiger partial charge in [0.15, 0.2) is 5.76 Å². The van der Waals surface area contributed by atoms with Crippen molar-refractivity contribution >= 4 is 29.3 Å². The highest BCUT2D eigenvalue weighted by Crippen LogP contribution is 2.33. The molecule has 0 aliphatic heterocycles. The molecule has 0 aliphatic carbocycles. The largest absolute Gasteiger partial charge is 0.459 e. The molecule has 2 amide bonds. The van der Waals surface area contributed by atoms with Gasteiger partial charge in [0.05, 0.1) is 12.0 Å². The van der Waals surface area contributed by atoms with Crippen LogP contribution in [0.15, 0.2) is 87.2 Å². The van der Waals surface area contributed by atoms with Gasteiger partial charge < -0.3 is 15.1 Å². The topological polar surface area (TPSA) is 71.3 Å². The molecule has 2 aromatic carbocycles. The van der Waals surface area contributed by atoms with E-state index < -0.39 is 0 Å². The molecule has 2 N–H and O–H groups in total. The Morgan fingerprint density at radius 3 is 2.46 bits per heavy atom. The van der Waals surface area contributed by atoms with Gasteiger partial charge in [-0.15, -0.1) is 0 Å². The Labute approximate surface area is 155 Å². The number of hydrogen-bond donors (Lipinski definition) is 2. The Morgan fingerprint density at radius 2 is 1.69 bits per heavy atom. The zero-order chi connectivity index (χ0) is 18.2. The van der Waals surface area contributed by atoms with Crippen molar-refractivity contribution < 1.29 is 14.0 Å². The lowest BCUT2D eigenvalue weighted by Gasteiger charge is -2.11. The highest BCUT2D eigenvalue weighted by atomic mass is 32.2. The molecule has 132 valence electrons. The summed E-state index contributed by atoms with van der Waals surface area (Å²) >= 11 is 1.59. The van der Waals surface area contributed by atoms with Crippen molar-refractivity contribution in [2.75, 3.05) is 11.9 Å². The van der Waals surface area contributed by atoms with E-state index in [1.807, 2.05) is 54.6 Å². The fourth-order valence-corrected chi connectivity index (χ4v) is 3.19. The van der Waals surface area contributed by atoms with Crippen molar-refractivity contribution in [1.82, 2.24) is 5.32 Å². The van der Waals surface area contributed by atoms with E-state index >= 15 is 0 Å². The van der Waals surface area contributed by atoms with E-state index in [1.165, 1.54) is 6.26 Å². The first-order chi connectivity index (χ1) is 12.7. The minimum atomic E-state index is -0.331. The lowest BCUT2D eigenvalue weighted by Crippen LogP contribution is -2.27. The van der Waals surface area contributed by atoms with Gasteiger partial charge in [0.2, 0.25) is 5.91 Å². The summed E-state index contributed by atoms with van der Waals surface area (Å²) < 4.78 is 5.01. The highest BCUT2D eigenvalue weighted by Gasteiger charge is 2.10. The zero-order valence-corrected chi connectivity index (χ0v) is 14.8. The summed E-state index contributed by atoms with van der Waals surface area (Å²) in [7, 11) is 0. The smallest absolute Gasteiger partial charge is 0.286 e. The molecule has 6 heteroatoms. The second kappa shape index (κ2) is 8.92. The minimum Gasteiger partial charge on any atom is -0.459 e. The van der Waals surface area contributed by atoms with Crippen molar-refractivity contribution in [2.45, 2.75) is 16.2 Å². The number of rotatable bonds is 7.